The molecule has 3 atom stereocenters. The molecule has 1 unspecified atom stereocenters. The zero-order chi connectivity index (χ0) is 18.7. The molecule has 8 nitrogen and oxygen atoms in total. The molecule has 0 aromatic heterocycles. The van der Waals surface area contributed by atoms with E-state index in [2.05, 4.69) is 10.6 Å². The minimum absolute atomic E-state index is 0.0369. The number of primary amides is 1. The van der Waals surface area contributed by atoms with Crippen LogP contribution in [0.3, 0.4) is 0 Å². The number of carboxylic acid groups (broad SMARTS) is 1. The smallest absolute Gasteiger partial charge is 0.312 e. The molecule has 1 aliphatic rings. The molecule has 1 rings (SSSR count). The Morgan fingerprint density at radius 2 is 1.80 bits per heavy atom. The van der Waals surface area contributed by atoms with Crippen molar-refractivity contribution in [3.05, 3.63) is 0 Å². The molecular weight excluding hydrogens is 344 g/mol. The van der Waals surface area contributed by atoms with Crippen molar-refractivity contribution in [1.29, 1.82) is 0 Å². The zero-order valence-corrected chi connectivity index (χ0v) is 15.4. The van der Waals surface area contributed by atoms with Gasteiger partial charge < -0.3 is 27.2 Å². The summed E-state index contributed by atoms with van der Waals surface area (Å²) < 4.78 is 0. The number of unbranched alkanes of at least 4 members (excludes halogenated alkanes) is 3. The first kappa shape index (κ1) is 21.6. The maximum Gasteiger partial charge on any atom is 0.312 e. The molecule has 144 valence electrons. The summed E-state index contributed by atoms with van der Waals surface area (Å²) in [5.74, 6) is 0.0349. The van der Waals surface area contributed by atoms with Crippen molar-refractivity contribution in [3.8, 4) is 0 Å². The largest absolute Gasteiger partial charge is 0.481 e. The van der Waals surface area contributed by atoms with Gasteiger partial charge in [0.1, 0.15) is 0 Å². The molecule has 0 spiro atoms. The van der Waals surface area contributed by atoms with E-state index in [1.807, 2.05) is 0 Å². The lowest BCUT2D eigenvalue weighted by molar-refractivity contribution is -0.137. The van der Waals surface area contributed by atoms with Crippen molar-refractivity contribution in [2.45, 2.75) is 68.7 Å². The number of rotatable bonds is 12. The van der Waals surface area contributed by atoms with E-state index in [0.29, 0.717) is 19.4 Å². The van der Waals surface area contributed by atoms with Gasteiger partial charge in [0.2, 0.25) is 5.91 Å². The van der Waals surface area contributed by atoms with E-state index in [9.17, 15) is 14.4 Å². The van der Waals surface area contributed by atoms with Crippen LogP contribution in [-0.2, 0) is 9.59 Å². The number of nitrogens with one attached hydrogen (secondary N) is 2. The van der Waals surface area contributed by atoms with Gasteiger partial charge in [-0.15, -0.1) is 0 Å². The second-order valence-corrected chi connectivity index (χ2v) is 7.64. The van der Waals surface area contributed by atoms with Gasteiger partial charge >= 0.3 is 12.0 Å². The van der Waals surface area contributed by atoms with Gasteiger partial charge in [-0.2, -0.15) is 11.8 Å². The Morgan fingerprint density at radius 3 is 2.48 bits per heavy atom. The van der Waals surface area contributed by atoms with Crippen LogP contribution in [0.4, 0.5) is 4.79 Å². The van der Waals surface area contributed by atoms with E-state index in [4.69, 9.17) is 16.6 Å². The quantitative estimate of drug-likeness (QED) is 0.319. The summed E-state index contributed by atoms with van der Waals surface area (Å²) >= 11 is 1.75. The van der Waals surface area contributed by atoms with Crippen LogP contribution in [0.25, 0.3) is 0 Å². The third-order valence-electron chi connectivity index (χ3n) is 4.24. The number of thioether (sulfide) groups is 1. The highest BCUT2D eigenvalue weighted by molar-refractivity contribution is 8.00. The number of hydrogen-bond acceptors (Lipinski definition) is 5. The molecule has 0 radical (unpaired) electrons. The van der Waals surface area contributed by atoms with E-state index < -0.39 is 12.0 Å². The highest BCUT2D eigenvalue weighted by atomic mass is 32.2. The van der Waals surface area contributed by atoms with E-state index >= 15 is 0 Å². The van der Waals surface area contributed by atoms with Crippen molar-refractivity contribution >= 4 is 29.7 Å². The number of nitrogens with two attached hydrogens (primary N) is 2. The van der Waals surface area contributed by atoms with Crippen LogP contribution >= 0.6 is 11.8 Å². The van der Waals surface area contributed by atoms with Crippen LogP contribution < -0.4 is 22.1 Å². The van der Waals surface area contributed by atoms with Crippen molar-refractivity contribution in [1.82, 2.24) is 10.6 Å². The predicted molar refractivity (Wildman–Crippen MR) is 98.3 cm³/mol. The normalized spacial score (nSPS) is 22.5. The minimum atomic E-state index is -0.777. The molecule has 7 N–H and O–H groups in total. The molecule has 0 aromatic rings. The van der Waals surface area contributed by atoms with Gasteiger partial charge in [-0.25, -0.2) is 4.79 Å². The summed E-state index contributed by atoms with van der Waals surface area (Å²) in [5.41, 5.74) is 11.3. The Kier molecular flexibility index (Phi) is 10.3. The molecule has 25 heavy (non-hydrogen) atoms. The number of carboxylic acids is 1. The predicted octanol–water partition coefficient (Wildman–Crippen LogP) is 0.788. The summed E-state index contributed by atoms with van der Waals surface area (Å²) in [6.07, 6.45) is 5.59. The van der Waals surface area contributed by atoms with Gasteiger partial charge in [0, 0.05) is 36.4 Å². The highest BCUT2D eigenvalue weighted by Crippen LogP contribution is 2.30. The number of aliphatic carboxylic acids is 1. The van der Waals surface area contributed by atoms with Crippen LogP contribution in [0.1, 0.15) is 51.4 Å². The lowest BCUT2D eigenvalue weighted by Crippen LogP contribution is -2.50. The molecule has 1 saturated heterocycles. The number of hydrogen-bond donors (Lipinski definition) is 5. The molecule has 1 aliphatic heterocycles. The Bertz CT molecular complexity index is 450. The van der Waals surface area contributed by atoms with Crippen molar-refractivity contribution in [2.24, 2.45) is 11.5 Å². The molecule has 0 aliphatic carbocycles. The molecule has 1 heterocycles. The fraction of sp³-hybridized carbons (Fsp3) is 0.812. The average molecular weight is 375 g/mol. The second-order valence-electron chi connectivity index (χ2n) is 6.36. The Labute approximate surface area is 152 Å². The van der Waals surface area contributed by atoms with E-state index in [-0.39, 0.29) is 29.7 Å². The Balaban J connectivity index is 2.01. The van der Waals surface area contributed by atoms with E-state index in [1.54, 1.807) is 11.8 Å². The SMILES string of the molecule is NC(=O)N[C@H]1CSC(CCCCC(=O)NCCCCCC(=O)O)[C@@H]1N. The van der Waals surface area contributed by atoms with Crippen LogP contribution in [-0.4, -0.2) is 52.6 Å². The lowest BCUT2D eigenvalue weighted by Gasteiger charge is -2.19. The molecular formula is C16H30N4O4S. The number of urea groups is 1. The van der Waals surface area contributed by atoms with Crippen molar-refractivity contribution in [2.75, 3.05) is 12.3 Å². The molecule has 9 heteroatoms. The van der Waals surface area contributed by atoms with Crippen molar-refractivity contribution in [3.63, 3.8) is 0 Å². The number of carbonyl (C=O) groups is 3. The Morgan fingerprint density at radius 1 is 1.08 bits per heavy atom. The first-order valence-corrected chi connectivity index (χ1v) is 9.86. The highest BCUT2D eigenvalue weighted by Gasteiger charge is 2.34. The third kappa shape index (κ3) is 9.54. The van der Waals surface area contributed by atoms with Gasteiger partial charge in [-0.05, 0) is 25.7 Å². The van der Waals surface area contributed by atoms with Crippen LogP contribution in [0.2, 0.25) is 0 Å². The molecule has 0 saturated carbocycles. The summed E-state index contributed by atoms with van der Waals surface area (Å²) in [5, 5.41) is 14.3. The van der Waals surface area contributed by atoms with Gasteiger partial charge in [0.05, 0.1) is 6.04 Å². The average Bonchev–Trinajstić information content (AvgIpc) is 2.87. The summed E-state index contributed by atoms with van der Waals surface area (Å²) in [7, 11) is 0. The fourth-order valence-electron chi connectivity index (χ4n) is 2.83. The molecule has 0 aromatic carbocycles. The summed E-state index contributed by atoms with van der Waals surface area (Å²) in [4.78, 5) is 33.0. The first-order chi connectivity index (χ1) is 11.9. The maximum atomic E-state index is 11.7. The van der Waals surface area contributed by atoms with Gasteiger partial charge in [0.25, 0.3) is 0 Å². The summed E-state index contributed by atoms with van der Waals surface area (Å²) in [6, 6.07) is -0.713. The van der Waals surface area contributed by atoms with Gasteiger partial charge in [0.15, 0.2) is 0 Å². The molecule has 0 bridgehead atoms. The lowest BCUT2D eigenvalue weighted by atomic mass is 10.0. The molecule has 1 fully saturated rings. The van der Waals surface area contributed by atoms with Gasteiger partial charge in [-0.3, -0.25) is 9.59 Å². The van der Waals surface area contributed by atoms with Gasteiger partial charge in [-0.1, -0.05) is 12.8 Å². The fourth-order valence-corrected chi connectivity index (χ4v) is 4.34. The van der Waals surface area contributed by atoms with Crippen LogP contribution in [0.15, 0.2) is 0 Å². The monoisotopic (exact) mass is 374 g/mol. The first-order valence-electron chi connectivity index (χ1n) is 8.81. The second kappa shape index (κ2) is 12.0. The van der Waals surface area contributed by atoms with Crippen LogP contribution in [0.5, 0.6) is 0 Å². The topological polar surface area (TPSA) is 148 Å². The zero-order valence-electron chi connectivity index (χ0n) is 14.5. The Hall–Kier alpha value is -1.48. The molecule has 3 amide bonds. The maximum absolute atomic E-state index is 11.7. The van der Waals surface area contributed by atoms with E-state index in [0.717, 1.165) is 37.9 Å². The number of carbonyl (C=O) groups excluding carboxylic acids is 2. The minimum Gasteiger partial charge on any atom is -0.481 e. The van der Waals surface area contributed by atoms with Crippen LogP contribution in [0, 0.1) is 0 Å². The number of amides is 3. The van der Waals surface area contributed by atoms with Crippen molar-refractivity contribution < 1.29 is 19.5 Å². The summed E-state index contributed by atoms with van der Waals surface area (Å²) in [6.45, 7) is 0.599. The van der Waals surface area contributed by atoms with E-state index in [1.165, 1.54) is 0 Å². The third-order valence-corrected chi connectivity index (χ3v) is 5.77. The standard InChI is InChI=1S/C16H30N4O4S/c17-15-11(20-16(18)24)10-25-12(15)6-3-4-7-13(21)19-9-5-1-2-8-14(22)23/h11-12,15H,1-10,17H2,(H,19,21)(H,22,23)(H3,18,20,24)/t11-,12?,15+/m0/s1.